The Morgan fingerprint density at radius 1 is 1.78 bits per heavy atom. The second kappa shape index (κ2) is 4.14. The molecule has 0 saturated heterocycles. The Labute approximate surface area is 66.6 Å². The minimum Gasteiger partial charge on any atom is -0.364 e. The van der Waals surface area contributed by atoms with Crippen molar-refractivity contribution in [2.75, 3.05) is 5.08 Å². The van der Waals surface area contributed by atoms with Gasteiger partial charge in [-0.05, 0) is 0 Å². The molecule has 50 valence electrons. The Hall–Kier alpha value is 0.260. The molecule has 1 aromatic rings. The van der Waals surface area contributed by atoms with Gasteiger partial charge >= 0.3 is 0 Å². The number of hydrogen-bond donors (Lipinski definition) is 1. The highest BCUT2D eigenvalue weighted by Gasteiger charge is 1.93. The fourth-order valence-corrected chi connectivity index (χ4v) is 1.78. The molecular formula is C4H5NOS3. The molecule has 0 bridgehead atoms. The first-order chi connectivity index (χ1) is 4.43. The van der Waals surface area contributed by atoms with Crippen LogP contribution in [0.4, 0.5) is 0 Å². The van der Waals surface area contributed by atoms with Gasteiger partial charge in [-0.1, -0.05) is 27.7 Å². The molecule has 0 saturated carbocycles. The Kier molecular flexibility index (Phi) is 3.39. The van der Waals surface area contributed by atoms with E-state index in [1.807, 2.05) is 6.07 Å². The van der Waals surface area contributed by atoms with E-state index in [1.54, 1.807) is 18.0 Å². The van der Waals surface area contributed by atoms with Crippen molar-refractivity contribution in [1.82, 2.24) is 5.16 Å². The van der Waals surface area contributed by atoms with Crippen molar-refractivity contribution in [3.05, 3.63) is 12.3 Å². The van der Waals surface area contributed by atoms with Crippen molar-refractivity contribution in [1.29, 1.82) is 0 Å². The second-order valence-electron chi connectivity index (χ2n) is 1.23. The molecule has 0 spiro atoms. The molecule has 0 unspecified atom stereocenters. The highest BCUT2D eigenvalue weighted by Crippen LogP contribution is 2.21. The van der Waals surface area contributed by atoms with Crippen LogP contribution >= 0.6 is 34.2 Å². The van der Waals surface area contributed by atoms with Crippen molar-refractivity contribution >= 4 is 34.2 Å². The van der Waals surface area contributed by atoms with Crippen LogP contribution in [0, 0.1) is 0 Å². The first-order valence-electron chi connectivity index (χ1n) is 2.23. The van der Waals surface area contributed by atoms with Crippen LogP contribution in [-0.2, 0) is 0 Å². The van der Waals surface area contributed by atoms with Gasteiger partial charge in [0, 0.05) is 6.07 Å². The summed E-state index contributed by atoms with van der Waals surface area (Å²) in [6.45, 7) is 0. The van der Waals surface area contributed by atoms with Gasteiger partial charge in [-0.25, -0.2) is 0 Å². The summed E-state index contributed by atoms with van der Waals surface area (Å²) in [6, 6.07) is 1.83. The summed E-state index contributed by atoms with van der Waals surface area (Å²) in [5, 5.41) is 5.51. The van der Waals surface area contributed by atoms with Crippen LogP contribution in [0.2, 0.25) is 0 Å². The zero-order chi connectivity index (χ0) is 6.53. The topological polar surface area (TPSA) is 26.0 Å². The lowest BCUT2D eigenvalue weighted by molar-refractivity contribution is 0.404. The van der Waals surface area contributed by atoms with Gasteiger partial charge in [-0.2, -0.15) is 0 Å². The molecule has 0 N–H and O–H groups in total. The van der Waals surface area contributed by atoms with Crippen LogP contribution in [0.25, 0.3) is 0 Å². The number of thioether (sulfide) groups is 1. The lowest BCUT2D eigenvalue weighted by Crippen LogP contribution is -1.67. The van der Waals surface area contributed by atoms with Gasteiger partial charge in [0.15, 0.2) is 0 Å². The van der Waals surface area contributed by atoms with E-state index in [4.69, 9.17) is 0 Å². The molecule has 2 nitrogen and oxygen atoms in total. The molecule has 1 heterocycles. The van der Waals surface area contributed by atoms with E-state index in [0.29, 0.717) is 0 Å². The first kappa shape index (κ1) is 7.37. The summed E-state index contributed by atoms with van der Waals surface area (Å²) in [5.41, 5.74) is 0. The summed E-state index contributed by atoms with van der Waals surface area (Å²) in [7, 11) is 1.48. The van der Waals surface area contributed by atoms with Crippen molar-refractivity contribution in [3.63, 3.8) is 0 Å². The average molecular weight is 179 g/mol. The monoisotopic (exact) mass is 179 g/mol. The number of hydrogen-bond acceptors (Lipinski definition) is 5. The van der Waals surface area contributed by atoms with Gasteiger partial charge < -0.3 is 4.52 Å². The molecule has 0 aliphatic carbocycles. The lowest BCUT2D eigenvalue weighted by atomic mass is 10.8. The molecule has 0 aliphatic rings. The highest BCUT2D eigenvalue weighted by molar-refractivity contribution is 8.70. The van der Waals surface area contributed by atoms with Gasteiger partial charge in [0.2, 0.25) is 0 Å². The normalized spacial score (nSPS) is 9.89. The maximum atomic E-state index is 4.61. The van der Waals surface area contributed by atoms with E-state index >= 15 is 0 Å². The van der Waals surface area contributed by atoms with E-state index in [1.165, 1.54) is 10.8 Å². The van der Waals surface area contributed by atoms with Gasteiger partial charge in [0.05, 0.1) is 5.08 Å². The third-order valence-corrected chi connectivity index (χ3v) is 3.02. The molecular weight excluding hydrogens is 174 g/mol. The van der Waals surface area contributed by atoms with Crippen molar-refractivity contribution in [2.24, 2.45) is 0 Å². The maximum absolute atomic E-state index is 4.61. The fourth-order valence-electron chi connectivity index (χ4n) is 0.363. The van der Waals surface area contributed by atoms with E-state index in [2.05, 4.69) is 21.3 Å². The number of nitrogens with zero attached hydrogens (tertiary/aromatic N) is 1. The van der Waals surface area contributed by atoms with E-state index in [-0.39, 0.29) is 0 Å². The Bertz CT molecular complexity index is 153. The minimum atomic E-state index is 0.898. The molecule has 0 aromatic carbocycles. The van der Waals surface area contributed by atoms with Gasteiger partial charge in [0.25, 0.3) is 0 Å². The zero-order valence-electron chi connectivity index (χ0n) is 4.48. The number of rotatable bonds is 3. The largest absolute Gasteiger partial charge is 0.364 e. The van der Waals surface area contributed by atoms with Crippen LogP contribution in [0.3, 0.4) is 0 Å². The molecule has 1 aromatic heterocycles. The van der Waals surface area contributed by atoms with Crippen molar-refractivity contribution in [3.8, 4) is 0 Å². The van der Waals surface area contributed by atoms with Gasteiger partial charge in [-0.15, -0.1) is 11.7 Å². The zero-order valence-corrected chi connectivity index (χ0v) is 7.01. The quantitative estimate of drug-likeness (QED) is 0.333. The molecule has 0 fully saturated rings. The number of aromatic nitrogens is 1. The Balaban J connectivity index is 2.30. The van der Waals surface area contributed by atoms with Gasteiger partial charge in [-0.3, -0.25) is 0 Å². The first-order valence-corrected chi connectivity index (χ1v) is 5.25. The molecule has 0 atom stereocenters. The van der Waals surface area contributed by atoms with E-state index in [0.717, 1.165) is 10.1 Å². The predicted octanol–water partition coefficient (Wildman–Crippen LogP) is 2.30. The number of thiol groups is 1. The van der Waals surface area contributed by atoms with Crippen LogP contribution < -0.4 is 0 Å². The van der Waals surface area contributed by atoms with Crippen molar-refractivity contribution in [2.45, 2.75) is 5.03 Å². The summed E-state index contributed by atoms with van der Waals surface area (Å²) in [6.07, 6.45) is 1.56. The summed E-state index contributed by atoms with van der Waals surface area (Å²) < 4.78 is 4.61. The smallest absolute Gasteiger partial charge is 0.140 e. The molecule has 0 radical (unpaired) electrons. The SMILES string of the molecule is SSCSc1ccon1. The molecule has 9 heavy (non-hydrogen) atoms. The van der Waals surface area contributed by atoms with Crippen LogP contribution in [0.5, 0.6) is 0 Å². The van der Waals surface area contributed by atoms with Crippen LogP contribution in [0.15, 0.2) is 21.9 Å². The van der Waals surface area contributed by atoms with Crippen LogP contribution in [-0.4, -0.2) is 10.2 Å². The fraction of sp³-hybridized carbons (Fsp3) is 0.250. The molecule has 1 rings (SSSR count). The lowest BCUT2D eigenvalue weighted by Gasteiger charge is -1.87. The predicted molar refractivity (Wildman–Crippen MR) is 43.8 cm³/mol. The maximum Gasteiger partial charge on any atom is 0.140 e. The van der Waals surface area contributed by atoms with Crippen molar-refractivity contribution < 1.29 is 4.52 Å². The third kappa shape index (κ3) is 2.55. The summed E-state index contributed by atoms with van der Waals surface area (Å²) in [5.74, 6) is 0. The summed E-state index contributed by atoms with van der Waals surface area (Å²) >= 11 is 5.58. The van der Waals surface area contributed by atoms with Gasteiger partial charge in [0.1, 0.15) is 11.3 Å². The Morgan fingerprint density at radius 2 is 2.67 bits per heavy atom. The molecule has 5 heteroatoms. The summed E-state index contributed by atoms with van der Waals surface area (Å²) in [4.78, 5) is 0. The third-order valence-electron chi connectivity index (χ3n) is 0.674. The average Bonchev–Trinajstić information content (AvgIpc) is 2.34. The standard InChI is InChI=1S/C4H5NOS3/c7-9-3-8-4-1-2-6-5-4/h1-2,7H,3H2. The second-order valence-corrected chi connectivity index (χ2v) is 3.91. The molecule has 0 aliphatic heterocycles. The van der Waals surface area contributed by atoms with E-state index in [9.17, 15) is 0 Å². The molecule has 0 amide bonds. The highest BCUT2D eigenvalue weighted by atomic mass is 33.1. The minimum absolute atomic E-state index is 0.898. The van der Waals surface area contributed by atoms with Crippen LogP contribution in [0.1, 0.15) is 0 Å². The van der Waals surface area contributed by atoms with E-state index < -0.39 is 0 Å². The Morgan fingerprint density at radius 3 is 3.22 bits per heavy atom.